The molecule has 2 bridgehead atoms. The molecule has 3 heteroatoms. The molecule has 2 aromatic rings. The van der Waals surface area contributed by atoms with Crippen LogP contribution in [0, 0.1) is 18.8 Å². The lowest BCUT2D eigenvalue weighted by Crippen LogP contribution is -2.35. The van der Waals surface area contributed by atoms with E-state index in [0.29, 0.717) is 18.0 Å². The molecule has 2 fully saturated rings. The summed E-state index contributed by atoms with van der Waals surface area (Å²) in [5, 5.41) is 0. The van der Waals surface area contributed by atoms with Crippen molar-refractivity contribution in [1.29, 1.82) is 0 Å². The summed E-state index contributed by atoms with van der Waals surface area (Å²) in [6, 6.07) is 7.35. The Bertz CT molecular complexity index is 683. The van der Waals surface area contributed by atoms with Gasteiger partial charge in [-0.15, -0.1) is 0 Å². The van der Waals surface area contributed by atoms with E-state index in [1.54, 1.807) is 0 Å². The summed E-state index contributed by atoms with van der Waals surface area (Å²) in [6.07, 6.45) is 3.97. The molecule has 2 aliphatic rings. The first-order valence-corrected chi connectivity index (χ1v) is 8.30. The van der Waals surface area contributed by atoms with E-state index in [9.17, 15) is 0 Å². The van der Waals surface area contributed by atoms with Crippen LogP contribution >= 0.6 is 0 Å². The van der Waals surface area contributed by atoms with Crippen LogP contribution in [-0.4, -0.2) is 15.6 Å². The van der Waals surface area contributed by atoms with E-state index in [2.05, 4.69) is 43.5 Å². The number of rotatable bonds is 2. The van der Waals surface area contributed by atoms with Crippen LogP contribution in [0.15, 0.2) is 18.2 Å². The number of hydrogen-bond acceptors (Lipinski definition) is 2. The Balaban J connectivity index is 1.90. The van der Waals surface area contributed by atoms with Crippen LogP contribution in [0.5, 0.6) is 0 Å². The van der Waals surface area contributed by atoms with Gasteiger partial charge in [0.2, 0.25) is 0 Å². The highest BCUT2D eigenvalue weighted by atomic mass is 15.1. The third kappa shape index (κ3) is 1.87. The van der Waals surface area contributed by atoms with E-state index in [0.717, 1.165) is 17.4 Å². The fourth-order valence-electron chi connectivity index (χ4n) is 4.72. The predicted octanol–water partition coefficient (Wildman–Crippen LogP) is 3.77. The fraction of sp³-hybridized carbons (Fsp3) is 0.611. The Morgan fingerprint density at radius 2 is 2.00 bits per heavy atom. The molecule has 4 rings (SSSR count). The molecule has 112 valence electrons. The third-order valence-electron chi connectivity index (χ3n) is 5.67. The monoisotopic (exact) mass is 283 g/mol. The molecule has 0 spiro atoms. The summed E-state index contributed by atoms with van der Waals surface area (Å²) in [6.45, 7) is 6.64. The van der Waals surface area contributed by atoms with Crippen molar-refractivity contribution in [2.45, 2.75) is 58.0 Å². The van der Waals surface area contributed by atoms with Crippen molar-refractivity contribution < 1.29 is 0 Å². The van der Waals surface area contributed by atoms with Crippen LogP contribution in [0.4, 0.5) is 0 Å². The first-order valence-electron chi connectivity index (χ1n) is 8.30. The lowest BCUT2D eigenvalue weighted by atomic mass is 9.84. The van der Waals surface area contributed by atoms with Gasteiger partial charge in [-0.3, -0.25) is 0 Å². The van der Waals surface area contributed by atoms with Crippen molar-refractivity contribution in [1.82, 2.24) is 9.55 Å². The van der Waals surface area contributed by atoms with E-state index < -0.39 is 0 Å². The molecular weight excluding hydrogens is 258 g/mol. The minimum absolute atomic E-state index is 0.305. The van der Waals surface area contributed by atoms with E-state index >= 15 is 0 Å². The molecule has 1 aromatic heterocycles. The largest absolute Gasteiger partial charge is 0.327 e. The molecule has 4 atom stereocenters. The molecular formula is C18H25N3. The second kappa shape index (κ2) is 4.57. The molecule has 2 saturated carbocycles. The van der Waals surface area contributed by atoms with Gasteiger partial charge in [0.1, 0.15) is 5.82 Å². The van der Waals surface area contributed by atoms with Gasteiger partial charge in [0.25, 0.3) is 0 Å². The average Bonchev–Trinajstić information content (AvgIpc) is 3.09. The van der Waals surface area contributed by atoms with Crippen molar-refractivity contribution in [3.8, 4) is 0 Å². The number of hydrogen-bond donors (Lipinski definition) is 1. The van der Waals surface area contributed by atoms with Gasteiger partial charge < -0.3 is 10.3 Å². The summed E-state index contributed by atoms with van der Waals surface area (Å²) in [5.41, 5.74) is 10.2. The van der Waals surface area contributed by atoms with Crippen LogP contribution in [0.2, 0.25) is 0 Å². The number of fused-ring (bicyclic) bond motifs is 3. The van der Waals surface area contributed by atoms with Gasteiger partial charge in [0.05, 0.1) is 11.0 Å². The Kier molecular flexibility index (Phi) is 2.90. The SMILES string of the molecule is Cc1ccc2c(c1)nc(C1C3CCC(C3)C1N)n2C(C)C. The van der Waals surface area contributed by atoms with Gasteiger partial charge in [-0.2, -0.15) is 0 Å². The first-order chi connectivity index (χ1) is 10.1. The van der Waals surface area contributed by atoms with E-state index in [1.807, 2.05) is 0 Å². The number of nitrogens with two attached hydrogens (primary N) is 1. The van der Waals surface area contributed by atoms with E-state index in [-0.39, 0.29) is 0 Å². The van der Waals surface area contributed by atoms with Crippen LogP contribution < -0.4 is 5.73 Å². The Labute approximate surface area is 126 Å². The van der Waals surface area contributed by atoms with Crippen molar-refractivity contribution in [3.05, 3.63) is 29.6 Å². The number of aromatic nitrogens is 2. The van der Waals surface area contributed by atoms with Gasteiger partial charge >= 0.3 is 0 Å². The number of benzene rings is 1. The number of aryl methyl sites for hydroxylation is 1. The molecule has 0 radical (unpaired) electrons. The second-order valence-corrected chi connectivity index (χ2v) is 7.36. The Hall–Kier alpha value is -1.35. The summed E-state index contributed by atoms with van der Waals surface area (Å²) in [7, 11) is 0. The lowest BCUT2D eigenvalue weighted by Gasteiger charge is -2.29. The van der Waals surface area contributed by atoms with Crippen molar-refractivity contribution in [2.24, 2.45) is 17.6 Å². The predicted molar refractivity (Wildman–Crippen MR) is 86.4 cm³/mol. The average molecular weight is 283 g/mol. The molecule has 0 saturated heterocycles. The lowest BCUT2D eigenvalue weighted by molar-refractivity contribution is 0.342. The summed E-state index contributed by atoms with van der Waals surface area (Å²) >= 11 is 0. The molecule has 0 amide bonds. The minimum atomic E-state index is 0.305. The van der Waals surface area contributed by atoms with E-state index in [4.69, 9.17) is 10.7 Å². The molecule has 2 N–H and O–H groups in total. The van der Waals surface area contributed by atoms with Gasteiger partial charge in [-0.05, 0) is 69.6 Å². The quantitative estimate of drug-likeness (QED) is 0.912. The van der Waals surface area contributed by atoms with E-state index in [1.165, 1.54) is 36.2 Å². The number of nitrogens with zero attached hydrogens (tertiary/aromatic N) is 2. The third-order valence-corrected chi connectivity index (χ3v) is 5.67. The van der Waals surface area contributed by atoms with Crippen molar-refractivity contribution in [2.75, 3.05) is 0 Å². The smallest absolute Gasteiger partial charge is 0.115 e. The van der Waals surface area contributed by atoms with Crippen LogP contribution in [0.25, 0.3) is 11.0 Å². The number of imidazole rings is 1. The zero-order chi connectivity index (χ0) is 14.7. The standard InChI is InChI=1S/C18H25N3/c1-10(2)21-15-7-4-11(3)8-14(15)20-18(21)16-12-5-6-13(9-12)17(16)19/h4,7-8,10,12-13,16-17H,5-6,9,19H2,1-3H3. The molecule has 3 nitrogen and oxygen atoms in total. The van der Waals surface area contributed by atoms with Gasteiger partial charge in [0.15, 0.2) is 0 Å². The highest BCUT2D eigenvalue weighted by molar-refractivity contribution is 5.77. The second-order valence-electron chi connectivity index (χ2n) is 7.36. The maximum Gasteiger partial charge on any atom is 0.115 e. The normalized spacial score (nSPS) is 31.7. The molecule has 1 aromatic carbocycles. The first kappa shape index (κ1) is 13.3. The summed E-state index contributed by atoms with van der Waals surface area (Å²) in [4.78, 5) is 5.03. The van der Waals surface area contributed by atoms with Gasteiger partial charge in [-0.25, -0.2) is 4.98 Å². The fourth-order valence-corrected chi connectivity index (χ4v) is 4.72. The van der Waals surface area contributed by atoms with Gasteiger partial charge in [0, 0.05) is 18.0 Å². The molecule has 1 heterocycles. The maximum absolute atomic E-state index is 6.56. The van der Waals surface area contributed by atoms with Gasteiger partial charge in [-0.1, -0.05) is 6.07 Å². The Morgan fingerprint density at radius 3 is 2.67 bits per heavy atom. The van der Waals surface area contributed by atoms with Crippen LogP contribution in [0.3, 0.4) is 0 Å². The van der Waals surface area contributed by atoms with Crippen molar-refractivity contribution >= 4 is 11.0 Å². The minimum Gasteiger partial charge on any atom is -0.327 e. The highest BCUT2D eigenvalue weighted by Gasteiger charge is 2.48. The highest BCUT2D eigenvalue weighted by Crippen LogP contribution is 2.52. The zero-order valence-corrected chi connectivity index (χ0v) is 13.2. The van der Waals surface area contributed by atoms with Crippen molar-refractivity contribution in [3.63, 3.8) is 0 Å². The molecule has 0 aliphatic heterocycles. The molecule has 21 heavy (non-hydrogen) atoms. The summed E-state index contributed by atoms with van der Waals surface area (Å²) in [5.74, 6) is 3.17. The van der Waals surface area contributed by atoms with Crippen LogP contribution in [-0.2, 0) is 0 Å². The molecule has 4 unspecified atom stereocenters. The molecule has 2 aliphatic carbocycles. The topological polar surface area (TPSA) is 43.8 Å². The van der Waals surface area contributed by atoms with Crippen LogP contribution in [0.1, 0.15) is 56.5 Å². The maximum atomic E-state index is 6.56. The zero-order valence-electron chi connectivity index (χ0n) is 13.2. The summed E-state index contributed by atoms with van der Waals surface area (Å²) < 4.78 is 2.43. The Morgan fingerprint density at radius 1 is 1.24 bits per heavy atom.